The molecular formula is C20H24F3NO5. The van der Waals surface area contributed by atoms with E-state index in [0.717, 1.165) is 6.07 Å². The molecular weight excluding hydrogens is 391 g/mol. The summed E-state index contributed by atoms with van der Waals surface area (Å²) in [7, 11) is 1.20. The van der Waals surface area contributed by atoms with Gasteiger partial charge in [0.1, 0.15) is 12.2 Å². The summed E-state index contributed by atoms with van der Waals surface area (Å²) < 4.78 is 49.5. The highest BCUT2D eigenvalue weighted by molar-refractivity contribution is 5.96. The number of carbonyl (C=O) groups is 3. The van der Waals surface area contributed by atoms with Crippen molar-refractivity contribution < 1.29 is 37.0 Å². The predicted molar refractivity (Wildman–Crippen MR) is 97.0 cm³/mol. The maximum absolute atomic E-state index is 13.3. The number of ether oxygens (including phenoxy) is 2. The van der Waals surface area contributed by atoms with Crippen molar-refractivity contribution in [3.8, 4) is 0 Å². The van der Waals surface area contributed by atoms with E-state index in [9.17, 15) is 27.6 Å². The Kier molecular flexibility index (Phi) is 7.64. The highest BCUT2D eigenvalue weighted by Crippen LogP contribution is 2.34. The Labute approximate surface area is 167 Å². The zero-order valence-corrected chi connectivity index (χ0v) is 16.3. The molecule has 0 spiro atoms. The fourth-order valence-electron chi connectivity index (χ4n) is 3.62. The third-order valence-electron chi connectivity index (χ3n) is 4.98. The van der Waals surface area contributed by atoms with E-state index in [0.29, 0.717) is 6.42 Å². The molecule has 160 valence electrons. The standard InChI is InChI=1S/C20H24F3NO5/c1-3-29-18(26)12-17(25)14-8-9-24(19(27)28-2)15(11-14)10-13-6-4-5-7-16(13)20(21,22)23/h4-7,14-15H,3,8-12H2,1-2H3/t14-,15-/m0/s1. The second-order valence-electron chi connectivity index (χ2n) is 6.85. The van der Waals surface area contributed by atoms with E-state index < -0.39 is 35.8 Å². The molecule has 1 amide bonds. The van der Waals surface area contributed by atoms with E-state index in [-0.39, 0.29) is 43.8 Å². The van der Waals surface area contributed by atoms with Gasteiger partial charge in [0.2, 0.25) is 0 Å². The van der Waals surface area contributed by atoms with Crippen molar-refractivity contribution in [3.05, 3.63) is 35.4 Å². The van der Waals surface area contributed by atoms with Gasteiger partial charge >= 0.3 is 18.2 Å². The summed E-state index contributed by atoms with van der Waals surface area (Å²) in [5.41, 5.74) is -0.734. The molecule has 2 rings (SSSR count). The van der Waals surface area contributed by atoms with Crippen molar-refractivity contribution >= 4 is 17.8 Å². The highest BCUT2D eigenvalue weighted by atomic mass is 19.4. The molecule has 0 aromatic heterocycles. The fraction of sp³-hybridized carbons (Fsp3) is 0.550. The summed E-state index contributed by atoms with van der Waals surface area (Å²) in [6, 6.07) is 4.50. The molecule has 1 fully saturated rings. The Morgan fingerprint density at radius 2 is 1.90 bits per heavy atom. The van der Waals surface area contributed by atoms with E-state index in [2.05, 4.69) is 0 Å². The monoisotopic (exact) mass is 415 g/mol. The van der Waals surface area contributed by atoms with Gasteiger partial charge in [-0.15, -0.1) is 0 Å². The van der Waals surface area contributed by atoms with Crippen LogP contribution in [0.25, 0.3) is 0 Å². The molecule has 1 aliphatic heterocycles. The number of hydrogen-bond donors (Lipinski definition) is 0. The van der Waals surface area contributed by atoms with Crippen molar-refractivity contribution in [1.29, 1.82) is 0 Å². The third-order valence-corrected chi connectivity index (χ3v) is 4.98. The number of amides is 1. The van der Waals surface area contributed by atoms with Crippen LogP contribution in [0.1, 0.15) is 37.3 Å². The van der Waals surface area contributed by atoms with Crippen LogP contribution in [0.5, 0.6) is 0 Å². The third kappa shape index (κ3) is 5.95. The van der Waals surface area contributed by atoms with Crippen LogP contribution in [-0.4, -0.2) is 49.0 Å². The lowest BCUT2D eigenvalue weighted by molar-refractivity contribution is -0.147. The Bertz CT molecular complexity index is 750. The summed E-state index contributed by atoms with van der Waals surface area (Å²) in [6.45, 7) is 1.94. The van der Waals surface area contributed by atoms with Crippen LogP contribution < -0.4 is 0 Å². The number of halogens is 3. The molecule has 1 saturated heterocycles. The van der Waals surface area contributed by atoms with Gasteiger partial charge in [0.15, 0.2) is 0 Å². The van der Waals surface area contributed by atoms with Crippen LogP contribution in [0, 0.1) is 5.92 Å². The van der Waals surface area contributed by atoms with Crippen molar-refractivity contribution in [1.82, 2.24) is 4.90 Å². The fourth-order valence-corrected chi connectivity index (χ4v) is 3.62. The smallest absolute Gasteiger partial charge is 0.416 e. The van der Waals surface area contributed by atoms with Crippen molar-refractivity contribution in [2.24, 2.45) is 5.92 Å². The number of ketones is 1. The lowest BCUT2D eigenvalue weighted by atomic mass is 9.83. The van der Waals surface area contributed by atoms with E-state index in [1.54, 1.807) is 6.92 Å². The molecule has 0 aliphatic carbocycles. The molecule has 2 atom stereocenters. The number of piperidine rings is 1. The predicted octanol–water partition coefficient (Wildman–Crippen LogP) is 3.62. The van der Waals surface area contributed by atoms with Gasteiger partial charge in [0.25, 0.3) is 0 Å². The summed E-state index contributed by atoms with van der Waals surface area (Å²) in [4.78, 5) is 37.5. The molecule has 1 aliphatic rings. The van der Waals surface area contributed by atoms with Crippen molar-refractivity contribution in [2.75, 3.05) is 20.3 Å². The average Bonchev–Trinajstić information content (AvgIpc) is 2.67. The quantitative estimate of drug-likeness (QED) is 0.524. The first-order valence-electron chi connectivity index (χ1n) is 9.35. The van der Waals surface area contributed by atoms with Gasteiger partial charge < -0.3 is 14.4 Å². The van der Waals surface area contributed by atoms with Gasteiger partial charge in [-0.05, 0) is 37.8 Å². The van der Waals surface area contributed by atoms with Gasteiger partial charge in [-0.1, -0.05) is 18.2 Å². The van der Waals surface area contributed by atoms with Crippen LogP contribution in [0.2, 0.25) is 0 Å². The maximum Gasteiger partial charge on any atom is 0.416 e. The number of likely N-dealkylation sites (tertiary alicyclic amines) is 1. The molecule has 0 N–H and O–H groups in total. The first-order chi connectivity index (χ1) is 13.7. The van der Waals surface area contributed by atoms with Gasteiger partial charge in [-0.2, -0.15) is 13.2 Å². The lowest BCUT2D eigenvalue weighted by Gasteiger charge is -2.38. The number of hydrogen-bond acceptors (Lipinski definition) is 5. The molecule has 0 bridgehead atoms. The number of methoxy groups -OCH3 is 1. The molecule has 0 unspecified atom stereocenters. The number of nitrogens with zero attached hydrogens (tertiary/aromatic N) is 1. The first kappa shape index (κ1) is 22.7. The van der Waals surface area contributed by atoms with Crippen LogP contribution >= 0.6 is 0 Å². The zero-order chi connectivity index (χ0) is 21.6. The van der Waals surface area contributed by atoms with Gasteiger partial charge in [-0.25, -0.2) is 4.79 Å². The number of rotatable bonds is 6. The van der Waals surface area contributed by atoms with Crippen LogP contribution in [0.15, 0.2) is 24.3 Å². The van der Waals surface area contributed by atoms with Crippen LogP contribution in [0.3, 0.4) is 0 Å². The van der Waals surface area contributed by atoms with Gasteiger partial charge in [0, 0.05) is 18.5 Å². The summed E-state index contributed by atoms with van der Waals surface area (Å²) in [6.07, 6.45) is -5.18. The Hall–Kier alpha value is -2.58. The van der Waals surface area contributed by atoms with Gasteiger partial charge in [-0.3, -0.25) is 9.59 Å². The topological polar surface area (TPSA) is 72.9 Å². The number of Topliss-reactive ketones (excluding diaryl/α,β-unsaturated/α-hetero) is 1. The Balaban J connectivity index is 2.22. The number of carbonyl (C=O) groups excluding carboxylic acids is 3. The second-order valence-corrected chi connectivity index (χ2v) is 6.85. The number of benzene rings is 1. The van der Waals surface area contributed by atoms with E-state index in [1.165, 1.54) is 30.2 Å². The van der Waals surface area contributed by atoms with Crippen molar-refractivity contribution in [3.63, 3.8) is 0 Å². The highest BCUT2D eigenvalue weighted by Gasteiger charge is 2.38. The van der Waals surface area contributed by atoms with E-state index >= 15 is 0 Å². The molecule has 1 aromatic rings. The van der Waals surface area contributed by atoms with Crippen LogP contribution in [-0.2, 0) is 31.7 Å². The normalized spacial score (nSPS) is 19.6. The molecule has 1 aromatic carbocycles. The molecule has 0 saturated carbocycles. The van der Waals surface area contributed by atoms with Gasteiger partial charge in [0.05, 0.1) is 19.3 Å². The molecule has 29 heavy (non-hydrogen) atoms. The largest absolute Gasteiger partial charge is 0.466 e. The molecule has 9 heteroatoms. The average molecular weight is 415 g/mol. The molecule has 1 heterocycles. The number of alkyl halides is 3. The summed E-state index contributed by atoms with van der Waals surface area (Å²) >= 11 is 0. The van der Waals surface area contributed by atoms with E-state index in [1.807, 2.05) is 0 Å². The summed E-state index contributed by atoms with van der Waals surface area (Å²) in [5.74, 6) is -1.50. The summed E-state index contributed by atoms with van der Waals surface area (Å²) in [5, 5.41) is 0. The maximum atomic E-state index is 13.3. The minimum Gasteiger partial charge on any atom is -0.466 e. The zero-order valence-electron chi connectivity index (χ0n) is 16.3. The number of esters is 1. The van der Waals surface area contributed by atoms with Crippen LogP contribution in [0.4, 0.5) is 18.0 Å². The second kappa shape index (κ2) is 9.76. The lowest BCUT2D eigenvalue weighted by Crippen LogP contribution is -2.48. The van der Waals surface area contributed by atoms with Crippen molar-refractivity contribution in [2.45, 2.75) is 44.8 Å². The minimum absolute atomic E-state index is 0.0393. The Morgan fingerprint density at radius 3 is 2.52 bits per heavy atom. The molecule has 6 nitrogen and oxygen atoms in total. The van der Waals surface area contributed by atoms with E-state index in [4.69, 9.17) is 9.47 Å². The minimum atomic E-state index is -4.53. The Morgan fingerprint density at radius 1 is 1.21 bits per heavy atom. The molecule has 0 radical (unpaired) electrons. The first-order valence-corrected chi connectivity index (χ1v) is 9.35. The SMILES string of the molecule is CCOC(=O)CC(=O)[C@H]1CCN(C(=O)OC)[C@@H](Cc2ccccc2C(F)(F)F)C1.